The van der Waals surface area contributed by atoms with E-state index >= 15 is 0 Å². The number of rotatable bonds is 7. The zero-order valence-electron chi connectivity index (χ0n) is 18.1. The summed E-state index contributed by atoms with van der Waals surface area (Å²) in [7, 11) is -2.69. The van der Waals surface area contributed by atoms with Crippen LogP contribution in [0.4, 0.5) is 17.2 Å². The highest BCUT2D eigenvalue weighted by Gasteiger charge is 2.40. The van der Waals surface area contributed by atoms with Gasteiger partial charge >= 0.3 is 16.0 Å². The zero-order chi connectivity index (χ0) is 25.2. The Hall–Kier alpha value is -4.22. The van der Waals surface area contributed by atoms with Crippen LogP contribution in [0.2, 0.25) is 0 Å². The van der Waals surface area contributed by atoms with Crippen LogP contribution < -0.4 is 19.9 Å². The maximum absolute atomic E-state index is 13.1. The molecule has 0 saturated heterocycles. The van der Waals surface area contributed by atoms with Gasteiger partial charge < -0.3 is 10.1 Å². The van der Waals surface area contributed by atoms with Crippen LogP contribution in [0, 0.1) is 0 Å². The Morgan fingerprint density at radius 3 is 2.31 bits per heavy atom. The molecule has 0 unspecified atom stereocenters. The van der Waals surface area contributed by atoms with Crippen LogP contribution in [-0.2, 0) is 24.3 Å². The van der Waals surface area contributed by atoms with E-state index in [9.17, 15) is 22.8 Å². The van der Waals surface area contributed by atoms with Gasteiger partial charge in [0.05, 0.1) is 24.6 Å². The molecule has 35 heavy (non-hydrogen) atoms. The van der Waals surface area contributed by atoms with Crippen LogP contribution in [0.15, 0.2) is 88.6 Å². The molecule has 0 saturated carbocycles. The van der Waals surface area contributed by atoms with Gasteiger partial charge in [0.25, 0.3) is 17.6 Å². The van der Waals surface area contributed by atoms with Crippen molar-refractivity contribution in [1.82, 2.24) is 0 Å². The molecule has 2 amide bonds. The maximum Gasteiger partial charge on any atom is 0.339 e. The van der Waals surface area contributed by atoms with Crippen molar-refractivity contribution in [2.75, 3.05) is 22.0 Å². The lowest BCUT2D eigenvalue weighted by Crippen LogP contribution is -2.33. The number of H-pyrrole nitrogens is 1. The summed E-state index contributed by atoms with van der Waals surface area (Å²) in [5.74, 6) is -2.04. The lowest BCUT2D eigenvalue weighted by atomic mass is 10.1. The fourth-order valence-electron chi connectivity index (χ4n) is 3.30. The van der Waals surface area contributed by atoms with Crippen molar-refractivity contribution >= 4 is 56.6 Å². The summed E-state index contributed by atoms with van der Waals surface area (Å²) in [5.41, 5.74) is 0.131. The molecular weight excluding hydrogens is 496 g/mol. The highest BCUT2D eigenvalue weighted by Crippen LogP contribution is 2.32. The summed E-state index contributed by atoms with van der Waals surface area (Å²) in [6, 6.07) is 16.4. The van der Waals surface area contributed by atoms with Crippen molar-refractivity contribution in [2.45, 2.75) is 4.90 Å². The van der Waals surface area contributed by atoms with E-state index in [-0.39, 0.29) is 32.7 Å². The van der Waals surface area contributed by atoms with Gasteiger partial charge in [0.2, 0.25) is 0 Å². The van der Waals surface area contributed by atoms with E-state index in [1.807, 2.05) is 0 Å². The lowest BCUT2D eigenvalue weighted by Gasteiger charge is -2.17. The maximum atomic E-state index is 13.1. The highest BCUT2D eigenvalue weighted by molar-refractivity contribution is 7.92. The minimum Gasteiger partial charge on any atom is -0.465 e. The SMILES string of the molecule is COC(=O)c1ccccc1N1C(=O)C(Cl)=C(Nc2ccc(S(=O)(=O)Nc3cccc[nH+]3)cc2)C1=O. The predicted molar refractivity (Wildman–Crippen MR) is 127 cm³/mol. The number of hydrogen-bond acceptors (Lipinski definition) is 7. The number of halogens is 1. The Balaban J connectivity index is 1.56. The van der Waals surface area contributed by atoms with Crippen molar-refractivity contribution in [2.24, 2.45) is 0 Å². The second-order valence-corrected chi connectivity index (χ2v) is 9.23. The third-order valence-corrected chi connectivity index (χ3v) is 6.70. The Morgan fingerprint density at radius 1 is 0.971 bits per heavy atom. The smallest absolute Gasteiger partial charge is 0.339 e. The quantitative estimate of drug-likeness (QED) is 0.366. The number of imide groups is 1. The largest absolute Gasteiger partial charge is 0.465 e. The third-order valence-electron chi connectivity index (χ3n) is 4.96. The normalized spacial score (nSPS) is 13.7. The van der Waals surface area contributed by atoms with Gasteiger partial charge in [-0.1, -0.05) is 29.8 Å². The van der Waals surface area contributed by atoms with E-state index in [0.29, 0.717) is 5.69 Å². The average Bonchev–Trinajstić information content (AvgIpc) is 3.07. The van der Waals surface area contributed by atoms with Gasteiger partial charge in [0, 0.05) is 11.8 Å². The van der Waals surface area contributed by atoms with E-state index in [0.717, 1.165) is 4.90 Å². The van der Waals surface area contributed by atoms with E-state index in [4.69, 9.17) is 16.3 Å². The van der Waals surface area contributed by atoms with Crippen LogP contribution in [0.25, 0.3) is 0 Å². The fourth-order valence-corrected chi connectivity index (χ4v) is 4.54. The van der Waals surface area contributed by atoms with Gasteiger partial charge in [0.15, 0.2) is 0 Å². The van der Waals surface area contributed by atoms with E-state index in [1.54, 1.807) is 36.5 Å². The topological polar surface area (TPSA) is 136 Å². The molecule has 0 spiro atoms. The molecule has 1 aliphatic rings. The summed E-state index contributed by atoms with van der Waals surface area (Å²) < 4.78 is 32.3. The standard InChI is InChI=1S/C23H17ClN4O6S/c1-34-23(31)16-6-2-3-7-17(16)28-21(29)19(24)20(22(28)30)26-14-9-11-15(12-10-14)35(32,33)27-18-8-4-5-13-25-18/h2-13,26H,1H3,(H,25,27)/p+1. The monoisotopic (exact) mass is 513 g/mol. The molecule has 0 atom stereocenters. The number of benzene rings is 2. The van der Waals surface area contributed by atoms with Gasteiger partial charge in [-0.3, -0.25) is 9.59 Å². The first-order valence-corrected chi connectivity index (χ1v) is 11.9. The van der Waals surface area contributed by atoms with Crippen molar-refractivity contribution in [3.05, 3.63) is 89.2 Å². The number of sulfonamides is 1. The van der Waals surface area contributed by atoms with Gasteiger partial charge in [-0.15, -0.1) is 0 Å². The number of ether oxygens (including phenoxy) is 1. The third kappa shape index (κ3) is 4.72. The number of amides is 2. The van der Waals surface area contributed by atoms with Gasteiger partial charge in [-0.05, 0) is 42.5 Å². The first-order chi connectivity index (χ1) is 16.7. The van der Waals surface area contributed by atoms with Gasteiger partial charge in [0.1, 0.15) is 15.6 Å². The number of pyridine rings is 1. The Labute approximate surface area is 205 Å². The molecule has 0 aliphatic carbocycles. The molecule has 2 heterocycles. The minimum absolute atomic E-state index is 0.0140. The number of methoxy groups -OCH3 is 1. The number of carbonyl (C=O) groups excluding carboxylic acids is 3. The number of esters is 1. The van der Waals surface area contributed by atoms with Gasteiger partial charge in [-0.2, -0.15) is 13.1 Å². The molecule has 178 valence electrons. The van der Waals surface area contributed by atoms with Gasteiger partial charge in [-0.25, -0.2) is 14.7 Å². The lowest BCUT2D eigenvalue weighted by molar-refractivity contribution is -0.360. The molecular formula is C23H18ClN4O6S+. The average molecular weight is 514 g/mol. The van der Waals surface area contributed by atoms with Crippen LogP contribution in [-0.4, -0.2) is 33.3 Å². The summed E-state index contributed by atoms with van der Waals surface area (Å²) >= 11 is 6.16. The first kappa shape index (κ1) is 23.9. The second kappa shape index (κ2) is 9.57. The number of nitrogens with zero attached hydrogens (tertiary/aromatic N) is 1. The predicted octanol–water partition coefficient (Wildman–Crippen LogP) is 2.52. The molecule has 12 heteroatoms. The summed E-state index contributed by atoms with van der Waals surface area (Å²) in [5, 5.41) is 2.38. The molecule has 3 N–H and O–H groups in total. The minimum atomic E-state index is -3.87. The Kier molecular flexibility index (Phi) is 6.54. The molecule has 0 radical (unpaired) electrons. The molecule has 1 aliphatic heterocycles. The van der Waals surface area contributed by atoms with Crippen LogP contribution in [0.5, 0.6) is 0 Å². The number of aromatic nitrogens is 1. The van der Waals surface area contributed by atoms with E-state index in [1.165, 1.54) is 43.5 Å². The number of carbonyl (C=O) groups is 3. The molecule has 0 bridgehead atoms. The number of para-hydroxylation sites is 1. The van der Waals surface area contributed by atoms with Crippen LogP contribution in [0.3, 0.4) is 0 Å². The number of hydrogen-bond donors (Lipinski definition) is 2. The number of nitrogens with one attached hydrogen (secondary N) is 3. The van der Waals surface area contributed by atoms with E-state index in [2.05, 4.69) is 15.0 Å². The first-order valence-electron chi connectivity index (χ1n) is 10.1. The highest BCUT2D eigenvalue weighted by atomic mass is 35.5. The number of anilines is 3. The fraction of sp³-hybridized carbons (Fsp3) is 0.0435. The summed E-state index contributed by atoms with van der Waals surface area (Å²) in [6.07, 6.45) is 1.58. The Morgan fingerprint density at radius 2 is 1.66 bits per heavy atom. The zero-order valence-corrected chi connectivity index (χ0v) is 19.7. The van der Waals surface area contributed by atoms with E-state index < -0.39 is 27.8 Å². The van der Waals surface area contributed by atoms with Crippen LogP contribution in [0.1, 0.15) is 10.4 Å². The van der Waals surface area contributed by atoms with Crippen LogP contribution >= 0.6 is 11.6 Å². The molecule has 0 fully saturated rings. The summed E-state index contributed by atoms with van der Waals surface area (Å²) in [6.45, 7) is 0. The van der Waals surface area contributed by atoms with Crippen molar-refractivity contribution in [3.8, 4) is 0 Å². The molecule has 10 nitrogen and oxygen atoms in total. The summed E-state index contributed by atoms with van der Waals surface area (Å²) in [4.78, 5) is 41.5. The molecule has 2 aromatic carbocycles. The Bertz CT molecular complexity index is 1460. The van der Waals surface area contributed by atoms with Crippen molar-refractivity contribution < 1.29 is 32.5 Å². The second-order valence-electron chi connectivity index (χ2n) is 7.17. The van der Waals surface area contributed by atoms with Crippen molar-refractivity contribution in [3.63, 3.8) is 0 Å². The molecule has 4 rings (SSSR count). The number of aromatic amines is 1. The molecule has 1 aromatic heterocycles. The molecule has 3 aromatic rings. The van der Waals surface area contributed by atoms with Crippen molar-refractivity contribution in [1.29, 1.82) is 0 Å².